The van der Waals surface area contributed by atoms with Crippen LogP contribution in [0.25, 0.3) is 0 Å². The quantitative estimate of drug-likeness (QED) is 0.841. The van der Waals surface area contributed by atoms with Crippen molar-refractivity contribution in [2.75, 3.05) is 32.6 Å². The van der Waals surface area contributed by atoms with Crippen molar-refractivity contribution in [3.05, 3.63) is 18.1 Å². The molecule has 1 heterocycles. The van der Waals surface area contributed by atoms with E-state index >= 15 is 0 Å². The summed E-state index contributed by atoms with van der Waals surface area (Å²) in [6.45, 7) is 0.886. The van der Waals surface area contributed by atoms with Crippen LogP contribution in [-0.2, 0) is 6.61 Å². The third-order valence-electron chi connectivity index (χ3n) is 3.99. The first kappa shape index (κ1) is 13.2. The molecule has 1 fully saturated rings. The molecule has 0 aromatic carbocycles. The van der Waals surface area contributed by atoms with Crippen molar-refractivity contribution in [1.29, 1.82) is 0 Å². The Labute approximate surface area is 108 Å². The molecule has 1 aliphatic carbocycles. The van der Waals surface area contributed by atoms with Crippen LogP contribution in [0.1, 0.15) is 25.0 Å². The van der Waals surface area contributed by atoms with Crippen LogP contribution in [0, 0.1) is 0 Å². The number of aliphatic hydroxyl groups excluding tert-OH is 1. The Hall–Kier alpha value is -1.20. The number of aromatic nitrogens is 2. The zero-order valence-corrected chi connectivity index (χ0v) is 11.4. The van der Waals surface area contributed by atoms with Gasteiger partial charge in [-0.1, -0.05) is 0 Å². The molecule has 0 atom stereocenters. The summed E-state index contributed by atoms with van der Waals surface area (Å²) in [5, 5.41) is 9.09. The van der Waals surface area contributed by atoms with E-state index in [-0.39, 0.29) is 12.1 Å². The molecule has 18 heavy (non-hydrogen) atoms. The van der Waals surface area contributed by atoms with E-state index in [0.29, 0.717) is 5.69 Å². The fourth-order valence-electron chi connectivity index (χ4n) is 2.51. The Kier molecular flexibility index (Phi) is 3.82. The van der Waals surface area contributed by atoms with E-state index in [1.165, 1.54) is 19.3 Å². The van der Waals surface area contributed by atoms with Crippen LogP contribution in [-0.4, -0.2) is 53.2 Å². The van der Waals surface area contributed by atoms with E-state index in [2.05, 4.69) is 33.9 Å². The fraction of sp³-hybridized carbons (Fsp3) is 0.692. The summed E-state index contributed by atoms with van der Waals surface area (Å²) in [4.78, 5) is 13.0. The van der Waals surface area contributed by atoms with Crippen LogP contribution in [0.15, 0.2) is 12.4 Å². The lowest BCUT2D eigenvalue weighted by Crippen LogP contribution is -2.56. The Morgan fingerprint density at radius 2 is 2.00 bits per heavy atom. The highest BCUT2D eigenvalue weighted by molar-refractivity contribution is 5.36. The summed E-state index contributed by atoms with van der Waals surface area (Å²) in [5.74, 6) is 0.828. The van der Waals surface area contributed by atoms with Crippen LogP contribution in [0.3, 0.4) is 0 Å². The third kappa shape index (κ3) is 2.47. The van der Waals surface area contributed by atoms with Crippen molar-refractivity contribution in [3.63, 3.8) is 0 Å². The minimum Gasteiger partial charge on any atom is -0.390 e. The predicted octanol–water partition coefficient (Wildman–Crippen LogP) is 0.889. The van der Waals surface area contributed by atoms with E-state index < -0.39 is 0 Å². The second kappa shape index (κ2) is 5.20. The fourth-order valence-corrected chi connectivity index (χ4v) is 2.51. The smallest absolute Gasteiger partial charge is 0.147 e. The molecule has 5 heteroatoms. The highest BCUT2D eigenvalue weighted by Crippen LogP contribution is 2.37. The third-order valence-corrected chi connectivity index (χ3v) is 3.99. The minimum atomic E-state index is -0.0620. The minimum absolute atomic E-state index is 0.0620. The maximum absolute atomic E-state index is 9.09. The first-order valence-corrected chi connectivity index (χ1v) is 6.38. The van der Waals surface area contributed by atoms with Gasteiger partial charge in [0, 0.05) is 19.1 Å². The first-order chi connectivity index (χ1) is 8.57. The van der Waals surface area contributed by atoms with Crippen molar-refractivity contribution in [1.82, 2.24) is 14.9 Å². The monoisotopic (exact) mass is 250 g/mol. The van der Waals surface area contributed by atoms with Gasteiger partial charge < -0.3 is 14.9 Å². The summed E-state index contributed by atoms with van der Waals surface area (Å²) in [7, 11) is 6.32. The Morgan fingerprint density at radius 1 is 1.28 bits per heavy atom. The second-order valence-electron chi connectivity index (χ2n) is 5.36. The molecule has 0 amide bonds. The lowest BCUT2D eigenvalue weighted by molar-refractivity contribution is 0.0681. The van der Waals surface area contributed by atoms with Crippen molar-refractivity contribution >= 4 is 5.82 Å². The maximum Gasteiger partial charge on any atom is 0.147 e. The van der Waals surface area contributed by atoms with Gasteiger partial charge in [0.1, 0.15) is 5.82 Å². The largest absolute Gasteiger partial charge is 0.390 e. The lowest BCUT2D eigenvalue weighted by Gasteiger charge is -2.49. The molecule has 1 aliphatic rings. The van der Waals surface area contributed by atoms with Gasteiger partial charge in [0.2, 0.25) is 0 Å². The average molecular weight is 250 g/mol. The second-order valence-corrected chi connectivity index (χ2v) is 5.36. The number of aliphatic hydroxyl groups is 1. The predicted molar refractivity (Wildman–Crippen MR) is 71.5 cm³/mol. The van der Waals surface area contributed by atoms with Crippen molar-refractivity contribution < 1.29 is 5.11 Å². The van der Waals surface area contributed by atoms with Gasteiger partial charge >= 0.3 is 0 Å². The van der Waals surface area contributed by atoms with Gasteiger partial charge in [0.15, 0.2) is 0 Å². The average Bonchev–Trinajstić information content (AvgIpc) is 2.33. The molecular weight excluding hydrogens is 228 g/mol. The van der Waals surface area contributed by atoms with Crippen LogP contribution in [0.2, 0.25) is 0 Å². The molecule has 0 aliphatic heterocycles. The van der Waals surface area contributed by atoms with Gasteiger partial charge in [0.25, 0.3) is 0 Å². The van der Waals surface area contributed by atoms with E-state index in [0.717, 1.165) is 12.4 Å². The number of nitrogens with zero attached hydrogens (tertiary/aromatic N) is 4. The van der Waals surface area contributed by atoms with Gasteiger partial charge in [-0.05, 0) is 33.4 Å². The van der Waals surface area contributed by atoms with Crippen molar-refractivity contribution in [2.45, 2.75) is 31.4 Å². The lowest BCUT2D eigenvalue weighted by atomic mass is 9.75. The van der Waals surface area contributed by atoms with Crippen LogP contribution in [0.4, 0.5) is 5.82 Å². The highest BCUT2D eigenvalue weighted by atomic mass is 16.3. The van der Waals surface area contributed by atoms with Crippen LogP contribution >= 0.6 is 0 Å². The van der Waals surface area contributed by atoms with E-state index in [1.807, 2.05) is 7.05 Å². The number of hydrogen-bond acceptors (Lipinski definition) is 5. The van der Waals surface area contributed by atoms with Gasteiger partial charge in [-0.3, -0.25) is 4.98 Å². The summed E-state index contributed by atoms with van der Waals surface area (Å²) in [6, 6.07) is 0. The van der Waals surface area contributed by atoms with E-state index in [4.69, 9.17) is 5.11 Å². The zero-order valence-electron chi connectivity index (χ0n) is 11.4. The molecule has 0 bridgehead atoms. The molecule has 0 radical (unpaired) electrons. The van der Waals surface area contributed by atoms with Gasteiger partial charge in [-0.25, -0.2) is 4.98 Å². The van der Waals surface area contributed by atoms with Gasteiger partial charge in [-0.15, -0.1) is 0 Å². The SMILES string of the molecule is CN(CC1(N(C)C)CCC1)c1cncc(CO)n1. The molecule has 1 aromatic heterocycles. The molecule has 0 saturated heterocycles. The Bertz CT molecular complexity index is 404. The molecular formula is C13H22N4O. The summed E-state index contributed by atoms with van der Waals surface area (Å²) >= 11 is 0. The van der Waals surface area contributed by atoms with Crippen molar-refractivity contribution in [2.24, 2.45) is 0 Å². The number of hydrogen-bond donors (Lipinski definition) is 1. The molecule has 2 rings (SSSR count). The molecule has 0 unspecified atom stereocenters. The number of anilines is 1. The standard InChI is InChI=1S/C13H22N4O/c1-16(2)13(5-4-6-13)10-17(3)12-8-14-7-11(9-18)15-12/h7-8,18H,4-6,9-10H2,1-3H3. The molecule has 100 valence electrons. The highest BCUT2D eigenvalue weighted by Gasteiger charge is 2.40. The Balaban J connectivity index is 2.09. The summed E-state index contributed by atoms with van der Waals surface area (Å²) < 4.78 is 0. The van der Waals surface area contributed by atoms with Crippen molar-refractivity contribution in [3.8, 4) is 0 Å². The first-order valence-electron chi connectivity index (χ1n) is 6.38. The topological polar surface area (TPSA) is 52.5 Å². The van der Waals surface area contributed by atoms with E-state index in [9.17, 15) is 0 Å². The molecule has 5 nitrogen and oxygen atoms in total. The Morgan fingerprint density at radius 3 is 2.50 bits per heavy atom. The normalized spacial score (nSPS) is 17.6. The van der Waals surface area contributed by atoms with Gasteiger partial charge in [0.05, 0.1) is 24.7 Å². The number of rotatable bonds is 5. The zero-order chi connectivity index (χ0) is 13.2. The molecule has 0 spiro atoms. The summed E-state index contributed by atoms with van der Waals surface area (Å²) in [5.41, 5.74) is 0.887. The summed E-state index contributed by atoms with van der Waals surface area (Å²) in [6.07, 6.45) is 7.12. The van der Waals surface area contributed by atoms with E-state index in [1.54, 1.807) is 12.4 Å². The molecule has 1 aromatic rings. The van der Waals surface area contributed by atoms with Gasteiger partial charge in [-0.2, -0.15) is 0 Å². The maximum atomic E-state index is 9.09. The number of likely N-dealkylation sites (N-methyl/N-ethyl adjacent to an activating group) is 2. The van der Waals surface area contributed by atoms with Crippen LogP contribution in [0.5, 0.6) is 0 Å². The van der Waals surface area contributed by atoms with Crippen LogP contribution < -0.4 is 4.90 Å². The molecule has 1 saturated carbocycles. The molecule has 1 N–H and O–H groups in total.